The predicted octanol–water partition coefficient (Wildman–Crippen LogP) is 3.75. The lowest BCUT2D eigenvalue weighted by Crippen LogP contribution is -1.88. The Balaban J connectivity index is 2.88. The maximum atomic E-state index is 13.4. The molecule has 0 aliphatic heterocycles. The van der Waals surface area contributed by atoms with Crippen molar-refractivity contribution in [2.45, 2.75) is 0 Å². The van der Waals surface area contributed by atoms with Crippen molar-refractivity contribution in [2.75, 3.05) is 7.11 Å². The molecular weight excluding hydrogens is 247 g/mol. The van der Waals surface area contributed by atoms with Crippen LogP contribution in [0.2, 0.25) is 0 Å². The lowest BCUT2D eigenvalue weighted by Gasteiger charge is -2.07. The summed E-state index contributed by atoms with van der Waals surface area (Å²) in [6.45, 7) is 0. The molecule has 0 atom stereocenters. The molecule has 0 unspecified atom stereocenters. The van der Waals surface area contributed by atoms with E-state index in [0.29, 0.717) is 11.1 Å². The largest absolute Gasteiger partial charge is 0.495 e. The van der Waals surface area contributed by atoms with Gasteiger partial charge in [0.1, 0.15) is 11.6 Å². The van der Waals surface area contributed by atoms with Crippen LogP contribution in [-0.2, 0) is 0 Å². The fourth-order valence-corrected chi connectivity index (χ4v) is 1.98. The van der Waals surface area contributed by atoms with Crippen molar-refractivity contribution in [2.24, 2.45) is 0 Å². The third-order valence-corrected chi connectivity index (χ3v) is 2.74. The summed E-state index contributed by atoms with van der Waals surface area (Å²) in [6.07, 6.45) is 0. The quantitative estimate of drug-likeness (QED) is 0.754. The molecule has 0 fully saturated rings. The summed E-state index contributed by atoms with van der Waals surface area (Å²) < 4.78 is 19.4. The topological polar surface area (TPSA) is 9.23 Å². The van der Waals surface area contributed by atoms with E-state index in [0.717, 1.165) is 9.86 Å². The highest BCUT2D eigenvalue weighted by Crippen LogP contribution is 2.34. The molecule has 0 heterocycles. The Bertz CT molecular complexity index is 482. The molecule has 0 saturated carbocycles. The van der Waals surface area contributed by atoms with Gasteiger partial charge in [-0.15, -0.1) is 0 Å². The maximum Gasteiger partial charge on any atom is 0.140 e. The zero-order valence-electron chi connectivity index (χ0n) is 7.55. The average molecular weight is 255 g/mol. The molecule has 0 bridgehead atoms. The van der Waals surface area contributed by atoms with Crippen LogP contribution in [0.15, 0.2) is 34.8 Å². The smallest absolute Gasteiger partial charge is 0.140 e. The highest BCUT2D eigenvalue weighted by atomic mass is 79.9. The Morgan fingerprint density at radius 2 is 1.93 bits per heavy atom. The molecule has 3 heteroatoms. The van der Waals surface area contributed by atoms with E-state index in [1.165, 1.54) is 6.07 Å². The molecule has 0 radical (unpaired) electrons. The lowest BCUT2D eigenvalue weighted by atomic mass is 10.1. The third-order valence-electron chi connectivity index (χ3n) is 2.11. The number of ether oxygens (including phenoxy) is 1. The van der Waals surface area contributed by atoms with E-state index in [1.807, 2.05) is 6.07 Å². The van der Waals surface area contributed by atoms with E-state index in [4.69, 9.17) is 4.74 Å². The maximum absolute atomic E-state index is 13.4. The van der Waals surface area contributed by atoms with Crippen LogP contribution < -0.4 is 4.74 Å². The first-order valence-corrected chi connectivity index (χ1v) is 4.94. The van der Waals surface area contributed by atoms with E-state index in [9.17, 15) is 4.39 Å². The van der Waals surface area contributed by atoms with Gasteiger partial charge in [0.2, 0.25) is 0 Å². The minimum atomic E-state index is -0.228. The minimum absolute atomic E-state index is 0.228. The number of benzene rings is 2. The fourth-order valence-electron chi connectivity index (χ4n) is 1.47. The molecule has 0 saturated heterocycles. The van der Waals surface area contributed by atoms with E-state index >= 15 is 0 Å². The molecule has 1 nitrogen and oxygen atoms in total. The summed E-state index contributed by atoms with van der Waals surface area (Å²) in [5.74, 6) is 0.440. The van der Waals surface area contributed by atoms with Gasteiger partial charge in [0.15, 0.2) is 0 Å². The van der Waals surface area contributed by atoms with Crippen molar-refractivity contribution in [1.82, 2.24) is 0 Å². The van der Waals surface area contributed by atoms with Crippen molar-refractivity contribution in [3.63, 3.8) is 0 Å². The summed E-state index contributed by atoms with van der Waals surface area (Å²) in [7, 11) is 1.57. The zero-order valence-corrected chi connectivity index (χ0v) is 9.14. The second-order valence-corrected chi connectivity index (χ2v) is 3.77. The normalized spacial score (nSPS) is 10.5. The van der Waals surface area contributed by atoms with Crippen molar-refractivity contribution in [1.29, 1.82) is 0 Å². The molecule has 0 spiro atoms. The highest BCUT2D eigenvalue weighted by Gasteiger charge is 2.08. The molecule has 0 N–H and O–H groups in total. The van der Waals surface area contributed by atoms with E-state index in [2.05, 4.69) is 15.9 Å². The lowest BCUT2D eigenvalue weighted by molar-refractivity contribution is 0.417. The van der Waals surface area contributed by atoms with Crippen LogP contribution in [0.3, 0.4) is 0 Å². The van der Waals surface area contributed by atoms with Crippen LogP contribution in [0.5, 0.6) is 5.75 Å². The number of methoxy groups -OCH3 is 1. The van der Waals surface area contributed by atoms with Crippen LogP contribution in [0.4, 0.5) is 4.39 Å². The SMILES string of the molecule is COc1c(Br)ccc2c(F)cccc12. The molecule has 2 aromatic carbocycles. The van der Waals surface area contributed by atoms with Gasteiger partial charge in [-0.3, -0.25) is 0 Å². The molecular formula is C11H8BrFO. The minimum Gasteiger partial charge on any atom is -0.495 e. The Morgan fingerprint density at radius 1 is 1.14 bits per heavy atom. The van der Waals surface area contributed by atoms with E-state index in [1.54, 1.807) is 25.3 Å². The summed E-state index contributed by atoms with van der Waals surface area (Å²) in [5.41, 5.74) is 0. The summed E-state index contributed by atoms with van der Waals surface area (Å²) in [5, 5.41) is 1.36. The first kappa shape index (κ1) is 9.46. The Morgan fingerprint density at radius 3 is 2.64 bits per heavy atom. The van der Waals surface area contributed by atoms with Gasteiger partial charge in [-0.1, -0.05) is 18.2 Å². The van der Waals surface area contributed by atoms with E-state index < -0.39 is 0 Å². The van der Waals surface area contributed by atoms with Gasteiger partial charge in [0, 0.05) is 10.8 Å². The second-order valence-electron chi connectivity index (χ2n) is 2.92. The van der Waals surface area contributed by atoms with Crippen LogP contribution >= 0.6 is 15.9 Å². The Hall–Kier alpha value is -1.09. The van der Waals surface area contributed by atoms with Gasteiger partial charge in [-0.2, -0.15) is 0 Å². The molecule has 72 valence electrons. The van der Waals surface area contributed by atoms with E-state index in [-0.39, 0.29) is 5.82 Å². The molecule has 0 aliphatic rings. The van der Waals surface area contributed by atoms with Crippen LogP contribution in [-0.4, -0.2) is 7.11 Å². The standard InChI is InChI=1S/C11H8BrFO/c1-14-11-8-3-2-4-10(13)7(8)5-6-9(11)12/h2-6H,1H3. The molecule has 2 aromatic rings. The number of hydrogen-bond acceptors (Lipinski definition) is 1. The van der Waals surface area contributed by atoms with Gasteiger partial charge >= 0.3 is 0 Å². The number of rotatable bonds is 1. The van der Waals surface area contributed by atoms with Crippen LogP contribution in [0.25, 0.3) is 10.8 Å². The van der Waals surface area contributed by atoms with Crippen molar-refractivity contribution >= 4 is 26.7 Å². The highest BCUT2D eigenvalue weighted by molar-refractivity contribution is 9.10. The third kappa shape index (κ3) is 1.38. The predicted molar refractivity (Wildman–Crippen MR) is 58.2 cm³/mol. The monoisotopic (exact) mass is 254 g/mol. The van der Waals surface area contributed by atoms with Crippen LogP contribution in [0.1, 0.15) is 0 Å². The summed E-state index contributed by atoms with van der Waals surface area (Å²) in [6, 6.07) is 8.46. The van der Waals surface area contributed by atoms with Gasteiger partial charge in [0.25, 0.3) is 0 Å². The van der Waals surface area contributed by atoms with Crippen molar-refractivity contribution in [3.05, 3.63) is 40.6 Å². The Labute approximate surface area is 89.6 Å². The van der Waals surface area contributed by atoms with Crippen LogP contribution in [0, 0.1) is 5.82 Å². The zero-order chi connectivity index (χ0) is 10.1. The number of hydrogen-bond donors (Lipinski definition) is 0. The van der Waals surface area contributed by atoms with Gasteiger partial charge in [-0.25, -0.2) is 4.39 Å². The molecule has 2 rings (SSSR count). The second kappa shape index (κ2) is 3.58. The number of fused-ring (bicyclic) bond motifs is 1. The average Bonchev–Trinajstić information content (AvgIpc) is 2.18. The van der Waals surface area contributed by atoms with Gasteiger partial charge < -0.3 is 4.74 Å². The molecule has 0 aromatic heterocycles. The molecule has 0 amide bonds. The molecule has 14 heavy (non-hydrogen) atoms. The first-order chi connectivity index (χ1) is 6.74. The fraction of sp³-hybridized carbons (Fsp3) is 0.0909. The number of halogens is 2. The van der Waals surface area contributed by atoms with Crippen molar-refractivity contribution < 1.29 is 9.13 Å². The van der Waals surface area contributed by atoms with Crippen molar-refractivity contribution in [3.8, 4) is 5.75 Å². The Kier molecular flexibility index (Phi) is 2.42. The first-order valence-electron chi connectivity index (χ1n) is 4.15. The van der Waals surface area contributed by atoms with Gasteiger partial charge in [-0.05, 0) is 28.1 Å². The summed E-state index contributed by atoms with van der Waals surface area (Å²) >= 11 is 3.35. The molecule has 0 aliphatic carbocycles. The van der Waals surface area contributed by atoms with Gasteiger partial charge in [0.05, 0.1) is 11.6 Å². The summed E-state index contributed by atoms with van der Waals surface area (Å²) in [4.78, 5) is 0.